The van der Waals surface area contributed by atoms with Crippen LogP contribution in [0.2, 0.25) is 0 Å². The summed E-state index contributed by atoms with van der Waals surface area (Å²) < 4.78 is 5.42. The number of hydrogen-bond donors (Lipinski definition) is 1. The summed E-state index contributed by atoms with van der Waals surface area (Å²) in [6.07, 6.45) is 4.12. The molecule has 0 bridgehead atoms. The molecule has 1 aliphatic rings. The number of methoxy groups -OCH3 is 1. The minimum absolute atomic E-state index is 0.0817. The number of para-hydroxylation sites is 3. The molecule has 0 atom stereocenters. The summed E-state index contributed by atoms with van der Waals surface area (Å²) in [6, 6.07) is 19.5. The number of aromatic nitrogens is 1. The third-order valence-electron chi connectivity index (χ3n) is 5.59. The van der Waals surface area contributed by atoms with Gasteiger partial charge in [-0.3, -0.25) is 4.79 Å². The molecule has 160 valence electrons. The highest BCUT2D eigenvalue weighted by molar-refractivity contribution is 5.99. The van der Waals surface area contributed by atoms with Crippen molar-refractivity contribution in [2.24, 2.45) is 0 Å². The summed E-state index contributed by atoms with van der Waals surface area (Å²) in [5.41, 5.74) is 3.66. The molecule has 0 unspecified atom stereocenters. The second-order valence-electron chi connectivity index (χ2n) is 7.71. The Morgan fingerprint density at radius 1 is 1.06 bits per heavy atom. The summed E-state index contributed by atoms with van der Waals surface area (Å²) in [5.74, 6) is 1.12. The van der Waals surface area contributed by atoms with Gasteiger partial charge in [0.05, 0.1) is 18.4 Å². The van der Waals surface area contributed by atoms with Crippen LogP contribution in [0.1, 0.15) is 28.8 Å². The van der Waals surface area contributed by atoms with E-state index >= 15 is 0 Å². The number of carbonyl (C=O) groups is 1. The highest BCUT2D eigenvalue weighted by Crippen LogP contribution is 2.29. The number of nitrogens with zero attached hydrogens (tertiary/aromatic N) is 3. The third kappa shape index (κ3) is 4.63. The smallest absolute Gasteiger partial charge is 0.257 e. The normalized spacial score (nSPS) is 13.2. The molecule has 1 saturated heterocycles. The van der Waals surface area contributed by atoms with E-state index in [0.29, 0.717) is 23.7 Å². The Morgan fingerprint density at radius 3 is 2.61 bits per heavy atom. The van der Waals surface area contributed by atoms with Crippen LogP contribution >= 0.6 is 0 Å². The van der Waals surface area contributed by atoms with Gasteiger partial charge in [0.25, 0.3) is 5.91 Å². The van der Waals surface area contributed by atoms with Gasteiger partial charge in [-0.2, -0.15) is 0 Å². The first-order chi connectivity index (χ1) is 15.2. The number of amides is 1. The lowest BCUT2D eigenvalue weighted by Gasteiger charge is -2.25. The molecule has 1 fully saturated rings. The van der Waals surface area contributed by atoms with Crippen molar-refractivity contribution in [2.45, 2.75) is 19.4 Å². The second kappa shape index (κ2) is 9.51. The van der Waals surface area contributed by atoms with E-state index in [0.717, 1.165) is 24.3 Å². The van der Waals surface area contributed by atoms with E-state index in [-0.39, 0.29) is 5.91 Å². The minimum Gasteiger partial charge on any atom is -0.495 e. The number of rotatable bonds is 7. The average Bonchev–Trinajstić information content (AvgIpc) is 3.34. The SMILES string of the molecule is COc1ccccc1Nc1ncccc1C(=O)N(C)Cc1ccccc1N1CCCC1. The van der Waals surface area contributed by atoms with Crippen molar-refractivity contribution in [3.05, 3.63) is 78.0 Å². The van der Waals surface area contributed by atoms with Gasteiger partial charge in [-0.05, 0) is 48.7 Å². The van der Waals surface area contributed by atoms with E-state index in [1.807, 2.05) is 37.4 Å². The zero-order chi connectivity index (χ0) is 21.6. The standard InChI is InChI=1S/C25H28N4O2/c1-28(18-19-10-3-5-13-22(19)29-16-7-8-17-29)25(30)20-11-9-15-26-24(20)27-21-12-4-6-14-23(21)31-2/h3-6,9-15H,7-8,16-18H2,1-2H3,(H,26,27). The van der Waals surface area contributed by atoms with Gasteiger partial charge >= 0.3 is 0 Å². The molecule has 4 rings (SSSR count). The summed E-state index contributed by atoms with van der Waals surface area (Å²) in [6.45, 7) is 2.68. The maximum Gasteiger partial charge on any atom is 0.257 e. The number of ether oxygens (including phenoxy) is 1. The van der Waals surface area contributed by atoms with Crippen LogP contribution < -0.4 is 15.0 Å². The molecular formula is C25H28N4O2. The predicted molar refractivity (Wildman–Crippen MR) is 124 cm³/mol. The molecule has 0 radical (unpaired) electrons. The van der Waals surface area contributed by atoms with Gasteiger partial charge in [-0.1, -0.05) is 30.3 Å². The van der Waals surface area contributed by atoms with Crippen LogP contribution in [0.25, 0.3) is 0 Å². The molecule has 2 aromatic carbocycles. The Balaban J connectivity index is 1.55. The van der Waals surface area contributed by atoms with E-state index < -0.39 is 0 Å². The molecule has 6 nitrogen and oxygen atoms in total. The second-order valence-corrected chi connectivity index (χ2v) is 7.71. The van der Waals surface area contributed by atoms with Gasteiger partial charge in [0.15, 0.2) is 0 Å². The van der Waals surface area contributed by atoms with Crippen LogP contribution in [0.3, 0.4) is 0 Å². The molecule has 1 aromatic heterocycles. The Hall–Kier alpha value is -3.54. The molecule has 31 heavy (non-hydrogen) atoms. The summed E-state index contributed by atoms with van der Waals surface area (Å²) in [5, 5.41) is 3.26. The topological polar surface area (TPSA) is 57.7 Å². The Kier molecular flexibility index (Phi) is 6.36. The van der Waals surface area contributed by atoms with E-state index in [2.05, 4.69) is 33.4 Å². The third-order valence-corrected chi connectivity index (χ3v) is 5.59. The number of benzene rings is 2. The molecule has 6 heteroatoms. The van der Waals surface area contributed by atoms with E-state index in [1.54, 1.807) is 30.3 Å². The first-order valence-electron chi connectivity index (χ1n) is 10.6. The quantitative estimate of drug-likeness (QED) is 0.605. The molecule has 0 saturated carbocycles. The number of pyridine rings is 1. The molecule has 1 aliphatic heterocycles. The molecule has 2 heterocycles. The van der Waals surface area contributed by atoms with Crippen molar-refractivity contribution >= 4 is 23.1 Å². The average molecular weight is 417 g/mol. The maximum atomic E-state index is 13.3. The fourth-order valence-electron chi connectivity index (χ4n) is 4.00. The van der Waals surface area contributed by atoms with Gasteiger partial charge in [-0.25, -0.2) is 4.98 Å². The Bertz CT molecular complexity index is 1050. The van der Waals surface area contributed by atoms with Crippen LogP contribution in [-0.4, -0.2) is 43.0 Å². The monoisotopic (exact) mass is 416 g/mol. The van der Waals surface area contributed by atoms with E-state index in [1.165, 1.54) is 18.5 Å². The van der Waals surface area contributed by atoms with E-state index in [9.17, 15) is 4.79 Å². The lowest BCUT2D eigenvalue weighted by molar-refractivity contribution is 0.0786. The summed E-state index contributed by atoms with van der Waals surface area (Å²) >= 11 is 0. The van der Waals surface area contributed by atoms with Crippen LogP contribution in [0.4, 0.5) is 17.2 Å². The molecule has 0 spiro atoms. The van der Waals surface area contributed by atoms with Crippen molar-refractivity contribution in [3.63, 3.8) is 0 Å². The van der Waals surface area contributed by atoms with Gasteiger partial charge < -0.3 is 19.9 Å². The Labute approximate surface area is 183 Å². The number of nitrogens with one attached hydrogen (secondary N) is 1. The summed E-state index contributed by atoms with van der Waals surface area (Å²) in [7, 11) is 3.46. The number of anilines is 3. The van der Waals surface area contributed by atoms with Crippen LogP contribution in [-0.2, 0) is 6.54 Å². The molecular weight excluding hydrogens is 388 g/mol. The lowest BCUT2D eigenvalue weighted by Crippen LogP contribution is -2.28. The molecule has 3 aromatic rings. The highest BCUT2D eigenvalue weighted by Gasteiger charge is 2.21. The first-order valence-corrected chi connectivity index (χ1v) is 10.6. The fourth-order valence-corrected chi connectivity index (χ4v) is 4.00. The zero-order valence-corrected chi connectivity index (χ0v) is 18.0. The highest BCUT2D eigenvalue weighted by atomic mass is 16.5. The molecule has 1 N–H and O–H groups in total. The van der Waals surface area contributed by atoms with Crippen molar-refractivity contribution < 1.29 is 9.53 Å². The predicted octanol–water partition coefficient (Wildman–Crippen LogP) is 4.71. The molecule has 1 amide bonds. The lowest BCUT2D eigenvalue weighted by atomic mass is 10.1. The zero-order valence-electron chi connectivity index (χ0n) is 18.0. The van der Waals surface area contributed by atoms with Crippen molar-refractivity contribution in [2.75, 3.05) is 37.5 Å². The summed E-state index contributed by atoms with van der Waals surface area (Å²) in [4.78, 5) is 21.9. The van der Waals surface area contributed by atoms with E-state index in [4.69, 9.17) is 4.74 Å². The van der Waals surface area contributed by atoms with Crippen LogP contribution in [0, 0.1) is 0 Å². The van der Waals surface area contributed by atoms with Gasteiger partial charge in [0, 0.05) is 38.6 Å². The largest absolute Gasteiger partial charge is 0.495 e. The fraction of sp³-hybridized carbons (Fsp3) is 0.280. The number of hydrogen-bond acceptors (Lipinski definition) is 5. The Morgan fingerprint density at radius 2 is 1.81 bits per heavy atom. The molecule has 0 aliphatic carbocycles. The van der Waals surface area contributed by atoms with Crippen molar-refractivity contribution in [1.82, 2.24) is 9.88 Å². The van der Waals surface area contributed by atoms with Gasteiger partial charge in [-0.15, -0.1) is 0 Å². The number of carbonyl (C=O) groups excluding carboxylic acids is 1. The van der Waals surface area contributed by atoms with Crippen molar-refractivity contribution in [3.8, 4) is 5.75 Å². The van der Waals surface area contributed by atoms with Crippen molar-refractivity contribution in [1.29, 1.82) is 0 Å². The van der Waals surface area contributed by atoms with Crippen LogP contribution in [0.5, 0.6) is 5.75 Å². The maximum absolute atomic E-state index is 13.3. The first kappa shape index (κ1) is 20.7. The van der Waals surface area contributed by atoms with Crippen LogP contribution in [0.15, 0.2) is 66.9 Å². The minimum atomic E-state index is -0.0817. The van der Waals surface area contributed by atoms with Gasteiger partial charge in [0.2, 0.25) is 0 Å². The van der Waals surface area contributed by atoms with Gasteiger partial charge in [0.1, 0.15) is 11.6 Å².